The van der Waals surface area contributed by atoms with Crippen LogP contribution in [0.3, 0.4) is 0 Å². The van der Waals surface area contributed by atoms with E-state index in [0.717, 1.165) is 31.4 Å². The van der Waals surface area contributed by atoms with E-state index in [2.05, 4.69) is 22.8 Å². The van der Waals surface area contributed by atoms with E-state index >= 15 is 0 Å². The van der Waals surface area contributed by atoms with Gasteiger partial charge in [0.15, 0.2) is 0 Å². The van der Waals surface area contributed by atoms with Crippen molar-refractivity contribution in [1.82, 2.24) is 10.6 Å². The first kappa shape index (κ1) is 18.9. The van der Waals surface area contributed by atoms with Crippen molar-refractivity contribution in [3.8, 4) is 0 Å². The lowest BCUT2D eigenvalue weighted by molar-refractivity contribution is -0.0456. The molecule has 0 radical (unpaired) electrons. The zero-order valence-corrected chi connectivity index (χ0v) is 15.9. The molecule has 1 aromatic rings. The molecule has 0 aromatic heterocycles. The average Bonchev–Trinajstić information content (AvgIpc) is 3.42. The average molecular weight is 376 g/mol. The molecule has 4 rings (SSSR count). The van der Waals surface area contributed by atoms with Gasteiger partial charge in [-0.3, -0.25) is 4.79 Å². The summed E-state index contributed by atoms with van der Waals surface area (Å²) in [6.07, 6.45) is 6.77. The Morgan fingerprint density at radius 1 is 0.963 bits per heavy atom. The van der Waals surface area contributed by atoms with Crippen LogP contribution >= 0.6 is 0 Å². The largest absolute Gasteiger partial charge is 0.349 e. The van der Waals surface area contributed by atoms with E-state index in [1.54, 1.807) is 0 Å². The molecule has 0 saturated heterocycles. The molecule has 3 aliphatic carbocycles. The molecule has 3 saturated carbocycles. The monoisotopic (exact) mass is 376 g/mol. The molecule has 1 aromatic carbocycles. The molecule has 3 aliphatic rings. The second-order valence-electron chi connectivity index (χ2n) is 8.78. The summed E-state index contributed by atoms with van der Waals surface area (Å²) in [4.78, 5) is 12.5. The normalized spacial score (nSPS) is 28.2. The van der Waals surface area contributed by atoms with Crippen molar-refractivity contribution in [3.05, 3.63) is 35.4 Å². The Morgan fingerprint density at radius 3 is 2.30 bits per heavy atom. The van der Waals surface area contributed by atoms with Crippen molar-refractivity contribution in [2.45, 2.75) is 81.7 Å². The first-order valence-corrected chi connectivity index (χ1v) is 10.5. The number of rotatable bonds is 6. The fourth-order valence-corrected chi connectivity index (χ4v) is 4.53. The van der Waals surface area contributed by atoms with Crippen molar-refractivity contribution in [1.29, 1.82) is 0 Å². The lowest BCUT2D eigenvalue weighted by Crippen LogP contribution is -2.37. The van der Waals surface area contributed by atoms with Gasteiger partial charge in [0.25, 0.3) is 5.91 Å². The second kappa shape index (κ2) is 7.86. The van der Waals surface area contributed by atoms with Crippen LogP contribution in [0.25, 0.3) is 0 Å². The molecule has 3 nitrogen and oxygen atoms in total. The summed E-state index contributed by atoms with van der Waals surface area (Å²) in [7, 11) is 0. The van der Waals surface area contributed by atoms with Crippen LogP contribution < -0.4 is 10.6 Å². The highest BCUT2D eigenvalue weighted by Crippen LogP contribution is 2.40. The fraction of sp³-hybridized carbons (Fsp3) is 0.682. The van der Waals surface area contributed by atoms with Gasteiger partial charge in [-0.1, -0.05) is 12.1 Å². The zero-order valence-electron chi connectivity index (χ0n) is 15.9. The van der Waals surface area contributed by atoms with Gasteiger partial charge in [0.2, 0.25) is 5.92 Å². The van der Waals surface area contributed by atoms with E-state index in [1.165, 1.54) is 18.4 Å². The molecule has 1 amide bonds. The molecule has 148 valence electrons. The van der Waals surface area contributed by atoms with Gasteiger partial charge in [0.1, 0.15) is 0 Å². The maximum absolute atomic E-state index is 13.2. The molecule has 2 N–H and O–H groups in total. The molecular formula is C22H30F2N2O. The molecule has 0 bridgehead atoms. The number of hydrogen-bond acceptors (Lipinski definition) is 2. The lowest BCUT2D eigenvalue weighted by atomic mass is 9.86. The number of carbonyl (C=O) groups is 1. The SMILES string of the molecule is O=C(N[C@H]1CC[C@H](NCC2CCC(F)(F)CC2)C1)c1ccc(C2CC2)cc1. The number of nitrogens with one attached hydrogen (secondary N) is 2. The van der Waals surface area contributed by atoms with Crippen LogP contribution in [-0.4, -0.2) is 30.5 Å². The minimum absolute atomic E-state index is 0.0116. The Kier molecular flexibility index (Phi) is 5.49. The van der Waals surface area contributed by atoms with E-state index in [4.69, 9.17) is 0 Å². The maximum Gasteiger partial charge on any atom is 0.251 e. The first-order valence-electron chi connectivity index (χ1n) is 10.5. The summed E-state index contributed by atoms with van der Waals surface area (Å²) in [5.74, 6) is -1.37. The highest BCUT2D eigenvalue weighted by atomic mass is 19.3. The summed E-state index contributed by atoms with van der Waals surface area (Å²) >= 11 is 0. The van der Waals surface area contributed by atoms with Gasteiger partial charge in [0.05, 0.1) is 0 Å². The third kappa shape index (κ3) is 5.07. The van der Waals surface area contributed by atoms with E-state index in [9.17, 15) is 13.6 Å². The first-order chi connectivity index (χ1) is 13.0. The van der Waals surface area contributed by atoms with E-state index < -0.39 is 5.92 Å². The molecule has 0 aliphatic heterocycles. The van der Waals surface area contributed by atoms with E-state index in [-0.39, 0.29) is 24.8 Å². The van der Waals surface area contributed by atoms with Crippen molar-refractivity contribution in [2.24, 2.45) is 5.92 Å². The van der Waals surface area contributed by atoms with Gasteiger partial charge >= 0.3 is 0 Å². The number of amides is 1. The van der Waals surface area contributed by atoms with Gasteiger partial charge in [-0.05, 0) is 81.0 Å². The Hall–Kier alpha value is -1.49. The Bertz CT molecular complexity index is 647. The number of benzene rings is 1. The van der Waals surface area contributed by atoms with Crippen LogP contribution in [0.15, 0.2) is 24.3 Å². The number of halogens is 2. The Labute approximate surface area is 160 Å². The van der Waals surface area contributed by atoms with Crippen molar-refractivity contribution >= 4 is 5.91 Å². The van der Waals surface area contributed by atoms with Crippen LogP contribution in [0, 0.1) is 5.92 Å². The third-order valence-electron chi connectivity index (χ3n) is 6.52. The van der Waals surface area contributed by atoms with Crippen LogP contribution in [0.5, 0.6) is 0 Å². The second-order valence-corrected chi connectivity index (χ2v) is 8.78. The van der Waals surface area contributed by atoms with Gasteiger partial charge in [-0.2, -0.15) is 0 Å². The summed E-state index contributed by atoms with van der Waals surface area (Å²) in [6, 6.07) is 8.63. The highest BCUT2D eigenvalue weighted by molar-refractivity contribution is 5.94. The fourth-order valence-electron chi connectivity index (χ4n) is 4.53. The lowest BCUT2D eigenvalue weighted by Gasteiger charge is -2.29. The number of hydrogen-bond donors (Lipinski definition) is 2. The van der Waals surface area contributed by atoms with Crippen LogP contribution in [-0.2, 0) is 0 Å². The minimum atomic E-state index is -2.45. The van der Waals surface area contributed by atoms with Crippen molar-refractivity contribution < 1.29 is 13.6 Å². The zero-order chi connectivity index (χ0) is 18.9. The molecule has 5 heteroatoms. The van der Waals surface area contributed by atoms with Crippen LogP contribution in [0.4, 0.5) is 8.78 Å². The van der Waals surface area contributed by atoms with Crippen LogP contribution in [0.2, 0.25) is 0 Å². The molecule has 0 heterocycles. The summed E-state index contributed by atoms with van der Waals surface area (Å²) in [5.41, 5.74) is 2.08. The highest BCUT2D eigenvalue weighted by Gasteiger charge is 2.35. The van der Waals surface area contributed by atoms with Gasteiger partial charge in [0, 0.05) is 30.5 Å². The van der Waals surface area contributed by atoms with Crippen LogP contribution in [0.1, 0.15) is 79.6 Å². The summed E-state index contributed by atoms with van der Waals surface area (Å²) in [6.45, 7) is 0.823. The van der Waals surface area contributed by atoms with E-state index in [0.29, 0.717) is 30.7 Å². The van der Waals surface area contributed by atoms with Gasteiger partial charge in [-0.25, -0.2) is 8.78 Å². The molecular weight excluding hydrogens is 346 g/mol. The number of carbonyl (C=O) groups excluding carboxylic acids is 1. The molecule has 0 spiro atoms. The predicted molar refractivity (Wildman–Crippen MR) is 102 cm³/mol. The van der Waals surface area contributed by atoms with Gasteiger partial charge < -0.3 is 10.6 Å². The van der Waals surface area contributed by atoms with Crippen molar-refractivity contribution in [2.75, 3.05) is 6.54 Å². The smallest absolute Gasteiger partial charge is 0.251 e. The minimum Gasteiger partial charge on any atom is -0.349 e. The number of alkyl halides is 2. The quantitative estimate of drug-likeness (QED) is 0.760. The summed E-state index contributed by atoms with van der Waals surface area (Å²) < 4.78 is 26.5. The standard InChI is InChI=1S/C22H30F2N2O/c23-22(24)11-9-15(10-12-22)14-25-19-7-8-20(13-19)26-21(27)18-5-3-17(4-6-18)16-1-2-16/h3-6,15-16,19-20,25H,1-2,7-14H2,(H,26,27)/t19-,20-/m0/s1. The van der Waals surface area contributed by atoms with Gasteiger partial charge in [-0.15, -0.1) is 0 Å². The molecule has 27 heavy (non-hydrogen) atoms. The maximum atomic E-state index is 13.2. The van der Waals surface area contributed by atoms with Crippen molar-refractivity contribution in [3.63, 3.8) is 0 Å². The predicted octanol–water partition coefficient (Wildman–Crippen LogP) is 4.63. The van der Waals surface area contributed by atoms with E-state index in [1.807, 2.05) is 12.1 Å². The molecule has 2 atom stereocenters. The molecule has 3 fully saturated rings. The topological polar surface area (TPSA) is 41.1 Å². The molecule has 0 unspecified atom stereocenters. The third-order valence-corrected chi connectivity index (χ3v) is 6.52. The Balaban J connectivity index is 1.18. The Morgan fingerprint density at radius 2 is 1.63 bits per heavy atom. The summed E-state index contributed by atoms with van der Waals surface area (Å²) in [5, 5.41) is 6.71.